The number of piperazine rings is 1. The summed E-state index contributed by atoms with van der Waals surface area (Å²) in [5.74, 6) is 1.01. The Hall–Kier alpha value is -1.06. The SMILES string of the molecule is CC(c1cccc(Cl)c1)N1CCN(C(=O)CC2CCCC2)CC1. The van der Waals surface area contributed by atoms with Crippen LogP contribution in [-0.2, 0) is 4.79 Å². The number of carbonyl (C=O) groups excluding carboxylic acids is 1. The molecule has 0 bridgehead atoms. The van der Waals surface area contributed by atoms with Crippen molar-refractivity contribution in [2.24, 2.45) is 5.92 Å². The highest BCUT2D eigenvalue weighted by Crippen LogP contribution is 2.29. The van der Waals surface area contributed by atoms with Crippen LogP contribution in [0.4, 0.5) is 0 Å². The van der Waals surface area contributed by atoms with Crippen LogP contribution in [0, 0.1) is 5.92 Å². The van der Waals surface area contributed by atoms with E-state index in [0.29, 0.717) is 17.9 Å². The van der Waals surface area contributed by atoms with Crippen LogP contribution in [0.1, 0.15) is 50.6 Å². The van der Waals surface area contributed by atoms with Crippen LogP contribution < -0.4 is 0 Å². The van der Waals surface area contributed by atoms with Crippen LogP contribution >= 0.6 is 11.6 Å². The Kier molecular flexibility index (Phi) is 5.60. The fourth-order valence-electron chi connectivity index (χ4n) is 3.93. The molecular formula is C19H27ClN2O. The average Bonchev–Trinajstić information content (AvgIpc) is 3.07. The molecule has 0 radical (unpaired) electrons. The van der Waals surface area contributed by atoms with Crippen LogP contribution in [0.5, 0.6) is 0 Å². The van der Waals surface area contributed by atoms with E-state index in [1.807, 2.05) is 18.2 Å². The van der Waals surface area contributed by atoms with Gasteiger partial charge in [0.15, 0.2) is 0 Å². The predicted molar refractivity (Wildman–Crippen MR) is 94.6 cm³/mol. The van der Waals surface area contributed by atoms with Crippen LogP contribution in [-0.4, -0.2) is 41.9 Å². The summed E-state index contributed by atoms with van der Waals surface area (Å²) in [6, 6.07) is 8.45. The summed E-state index contributed by atoms with van der Waals surface area (Å²) in [6.45, 7) is 5.84. The average molecular weight is 335 g/mol. The second kappa shape index (κ2) is 7.67. The standard InChI is InChI=1S/C19H27ClN2O/c1-15(17-7-4-8-18(20)14-17)21-9-11-22(12-10-21)19(23)13-16-5-2-3-6-16/h4,7-8,14-16H,2-3,5-6,9-13H2,1H3. The Morgan fingerprint density at radius 3 is 2.57 bits per heavy atom. The molecule has 4 heteroatoms. The minimum Gasteiger partial charge on any atom is -0.340 e. The van der Waals surface area contributed by atoms with Gasteiger partial charge in [-0.2, -0.15) is 0 Å². The van der Waals surface area contributed by atoms with Crippen LogP contribution in [0.25, 0.3) is 0 Å². The molecule has 1 saturated carbocycles. The van der Waals surface area contributed by atoms with Gasteiger partial charge in [-0.3, -0.25) is 9.69 Å². The fourth-order valence-corrected chi connectivity index (χ4v) is 4.13. The van der Waals surface area contributed by atoms with Crippen molar-refractivity contribution in [3.8, 4) is 0 Å². The van der Waals surface area contributed by atoms with Gasteiger partial charge in [0, 0.05) is 43.7 Å². The first kappa shape index (κ1) is 16.8. The second-order valence-corrected chi connectivity index (χ2v) is 7.44. The molecule has 3 rings (SSSR count). The van der Waals surface area contributed by atoms with Crippen molar-refractivity contribution >= 4 is 17.5 Å². The normalized spacial score (nSPS) is 21.6. The van der Waals surface area contributed by atoms with Crippen molar-refractivity contribution in [3.63, 3.8) is 0 Å². The molecule has 1 amide bonds. The van der Waals surface area contributed by atoms with E-state index in [-0.39, 0.29) is 0 Å². The van der Waals surface area contributed by atoms with Crippen molar-refractivity contribution in [1.82, 2.24) is 9.80 Å². The molecule has 23 heavy (non-hydrogen) atoms. The first-order chi connectivity index (χ1) is 11.1. The zero-order valence-electron chi connectivity index (χ0n) is 14.0. The van der Waals surface area contributed by atoms with E-state index in [1.54, 1.807) is 0 Å². The third kappa shape index (κ3) is 4.27. The second-order valence-electron chi connectivity index (χ2n) is 7.00. The summed E-state index contributed by atoms with van der Waals surface area (Å²) in [5, 5.41) is 0.791. The van der Waals surface area contributed by atoms with E-state index in [1.165, 1.54) is 31.2 Å². The van der Waals surface area contributed by atoms with Gasteiger partial charge in [-0.05, 0) is 43.4 Å². The van der Waals surface area contributed by atoms with E-state index in [0.717, 1.165) is 37.6 Å². The lowest BCUT2D eigenvalue weighted by Crippen LogP contribution is -2.49. The molecule has 1 saturated heterocycles. The molecule has 1 aromatic rings. The number of hydrogen-bond donors (Lipinski definition) is 0. The lowest BCUT2D eigenvalue weighted by atomic mass is 10.0. The summed E-state index contributed by atoms with van der Waals surface area (Å²) >= 11 is 6.10. The maximum Gasteiger partial charge on any atom is 0.222 e. The van der Waals surface area contributed by atoms with Crippen LogP contribution in [0.3, 0.4) is 0 Å². The van der Waals surface area contributed by atoms with Crippen molar-refractivity contribution in [1.29, 1.82) is 0 Å². The summed E-state index contributed by atoms with van der Waals surface area (Å²) < 4.78 is 0. The largest absolute Gasteiger partial charge is 0.340 e. The maximum absolute atomic E-state index is 12.4. The molecule has 0 N–H and O–H groups in total. The molecule has 2 fully saturated rings. The zero-order valence-corrected chi connectivity index (χ0v) is 14.8. The number of rotatable bonds is 4. The maximum atomic E-state index is 12.4. The molecule has 1 aromatic carbocycles. The molecule has 3 nitrogen and oxygen atoms in total. The van der Waals surface area contributed by atoms with E-state index in [2.05, 4.69) is 22.8 Å². The topological polar surface area (TPSA) is 23.6 Å². The third-order valence-corrected chi connectivity index (χ3v) is 5.72. The first-order valence-corrected chi connectivity index (χ1v) is 9.28. The van der Waals surface area contributed by atoms with Gasteiger partial charge < -0.3 is 4.90 Å². The predicted octanol–water partition coefficient (Wildman–Crippen LogP) is 4.13. The molecule has 2 aliphatic rings. The molecule has 1 heterocycles. The van der Waals surface area contributed by atoms with Gasteiger partial charge in [-0.25, -0.2) is 0 Å². The minimum atomic E-state index is 0.348. The highest BCUT2D eigenvalue weighted by atomic mass is 35.5. The molecule has 1 aliphatic carbocycles. The minimum absolute atomic E-state index is 0.348. The molecule has 1 aliphatic heterocycles. The van der Waals surface area contributed by atoms with Crippen molar-refractivity contribution in [3.05, 3.63) is 34.9 Å². The van der Waals surface area contributed by atoms with Crippen molar-refractivity contribution in [2.75, 3.05) is 26.2 Å². The molecule has 1 unspecified atom stereocenters. The summed E-state index contributed by atoms with van der Waals surface area (Å²) in [4.78, 5) is 17.0. The monoisotopic (exact) mass is 334 g/mol. The zero-order chi connectivity index (χ0) is 16.2. The Morgan fingerprint density at radius 1 is 1.22 bits per heavy atom. The molecular weight excluding hydrogens is 308 g/mol. The van der Waals surface area contributed by atoms with Gasteiger partial charge in [0.25, 0.3) is 0 Å². The van der Waals surface area contributed by atoms with Gasteiger partial charge in [0.1, 0.15) is 0 Å². The molecule has 1 atom stereocenters. The number of amides is 1. The van der Waals surface area contributed by atoms with E-state index in [9.17, 15) is 4.79 Å². The van der Waals surface area contributed by atoms with Gasteiger partial charge in [-0.1, -0.05) is 36.6 Å². The van der Waals surface area contributed by atoms with Crippen molar-refractivity contribution in [2.45, 2.75) is 45.1 Å². The lowest BCUT2D eigenvalue weighted by Gasteiger charge is -2.38. The fraction of sp³-hybridized carbons (Fsp3) is 0.632. The Bertz CT molecular complexity index is 534. The Balaban J connectivity index is 1.50. The Labute approximate surface area is 144 Å². The van der Waals surface area contributed by atoms with Gasteiger partial charge in [0.2, 0.25) is 5.91 Å². The van der Waals surface area contributed by atoms with Crippen LogP contribution in [0.15, 0.2) is 24.3 Å². The summed E-state index contributed by atoms with van der Waals surface area (Å²) in [5.41, 5.74) is 1.25. The highest BCUT2D eigenvalue weighted by molar-refractivity contribution is 6.30. The molecule has 0 spiro atoms. The van der Waals surface area contributed by atoms with Gasteiger partial charge in [0.05, 0.1) is 0 Å². The van der Waals surface area contributed by atoms with Crippen LogP contribution in [0.2, 0.25) is 5.02 Å². The number of hydrogen-bond acceptors (Lipinski definition) is 2. The number of benzene rings is 1. The van der Waals surface area contributed by atoms with E-state index in [4.69, 9.17) is 11.6 Å². The van der Waals surface area contributed by atoms with E-state index >= 15 is 0 Å². The summed E-state index contributed by atoms with van der Waals surface area (Å²) in [7, 11) is 0. The lowest BCUT2D eigenvalue weighted by molar-refractivity contribution is -0.134. The quantitative estimate of drug-likeness (QED) is 0.826. The van der Waals surface area contributed by atoms with Crippen molar-refractivity contribution < 1.29 is 4.79 Å². The number of halogens is 1. The highest BCUT2D eigenvalue weighted by Gasteiger charge is 2.27. The smallest absolute Gasteiger partial charge is 0.222 e. The van der Waals surface area contributed by atoms with E-state index < -0.39 is 0 Å². The van der Waals surface area contributed by atoms with Gasteiger partial charge >= 0.3 is 0 Å². The van der Waals surface area contributed by atoms with Gasteiger partial charge in [-0.15, -0.1) is 0 Å². The third-order valence-electron chi connectivity index (χ3n) is 5.48. The molecule has 0 aromatic heterocycles. The summed E-state index contributed by atoms with van der Waals surface area (Å²) in [6.07, 6.45) is 5.88. The Morgan fingerprint density at radius 2 is 1.91 bits per heavy atom. The molecule has 126 valence electrons. The number of nitrogens with zero attached hydrogens (tertiary/aromatic N) is 2. The first-order valence-electron chi connectivity index (χ1n) is 8.91. The number of carbonyl (C=O) groups is 1.